The summed E-state index contributed by atoms with van der Waals surface area (Å²) in [4.78, 5) is 11.6. The van der Waals surface area contributed by atoms with E-state index in [2.05, 4.69) is 34.9 Å². The summed E-state index contributed by atoms with van der Waals surface area (Å²) in [5, 5.41) is 0. The summed E-state index contributed by atoms with van der Waals surface area (Å²) in [6.07, 6.45) is 4.22. The lowest BCUT2D eigenvalue weighted by atomic mass is 9.70. The van der Waals surface area contributed by atoms with Gasteiger partial charge < -0.3 is 14.0 Å². The fourth-order valence-electron chi connectivity index (χ4n) is 4.46. The molecule has 0 N–H and O–H groups in total. The summed E-state index contributed by atoms with van der Waals surface area (Å²) in [5.41, 5.74) is 0.711. The number of rotatable bonds is 7. The molecule has 0 radical (unpaired) electrons. The van der Waals surface area contributed by atoms with Crippen LogP contribution < -0.4 is 0 Å². The molecular weight excluding hydrogens is 278 g/mol. The Hall–Kier alpha value is -0.610. The third-order valence-corrected chi connectivity index (χ3v) is 6.59. The van der Waals surface area contributed by atoms with Gasteiger partial charge >= 0.3 is 5.97 Å². The molecule has 2 fully saturated rings. The van der Waals surface area contributed by atoms with Crippen molar-refractivity contribution in [2.45, 2.75) is 53.1 Å². The summed E-state index contributed by atoms with van der Waals surface area (Å²) in [5.74, 6) is 0.685. The zero-order valence-electron chi connectivity index (χ0n) is 15.3. The third-order valence-electron chi connectivity index (χ3n) is 6.59. The first-order chi connectivity index (χ1) is 10.1. The first kappa shape index (κ1) is 17.7. The predicted molar refractivity (Wildman–Crippen MR) is 87.4 cm³/mol. The Morgan fingerprint density at radius 1 is 1.27 bits per heavy atom. The van der Waals surface area contributed by atoms with Crippen LogP contribution >= 0.6 is 0 Å². The van der Waals surface area contributed by atoms with Gasteiger partial charge in [-0.05, 0) is 42.9 Å². The van der Waals surface area contributed by atoms with Gasteiger partial charge in [0.1, 0.15) is 6.54 Å². The van der Waals surface area contributed by atoms with Crippen molar-refractivity contribution in [1.82, 2.24) is 0 Å². The second-order valence-corrected chi connectivity index (χ2v) is 8.59. The Kier molecular flexibility index (Phi) is 4.94. The lowest BCUT2D eigenvalue weighted by Crippen LogP contribution is -2.47. The summed E-state index contributed by atoms with van der Waals surface area (Å²) in [6, 6.07) is 0. The Bertz CT molecular complexity index is 419. The summed E-state index contributed by atoms with van der Waals surface area (Å²) in [6.45, 7) is 11.5. The van der Waals surface area contributed by atoms with Crippen LogP contribution in [-0.2, 0) is 14.3 Å². The molecule has 0 aromatic rings. The van der Waals surface area contributed by atoms with Gasteiger partial charge in [0.2, 0.25) is 0 Å². The highest BCUT2D eigenvalue weighted by Gasteiger charge is 2.61. The van der Waals surface area contributed by atoms with Crippen molar-refractivity contribution >= 4 is 5.97 Å². The topological polar surface area (TPSA) is 35.5 Å². The van der Waals surface area contributed by atoms with E-state index in [1.807, 2.05) is 6.92 Å². The first-order valence-corrected chi connectivity index (χ1v) is 8.71. The number of likely N-dealkylation sites (N-methyl/N-ethyl adjacent to an activating group) is 1. The maximum atomic E-state index is 11.6. The monoisotopic (exact) mass is 312 g/mol. The lowest BCUT2D eigenvalue weighted by molar-refractivity contribution is -0.883. The average molecular weight is 312 g/mol. The minimum absolute atomic E-state index is 0.125. The maximum absolute atomic E-state index is 11.6. The van der Waals surface area contributed by atoms with E-state index in [4.69, 9.17) is 9.47 Å². The first-order valence-electron chi connectivity index (χ1n) is 8.71. The molecule has 2 rings (SSSR count). The van der Waals surface area contributed by atoms with Gasteiger partial charge in [-0.1, -0.05) is 20.8 Å². The number of nitrogens with zero attached hydrogens (tertiary/aromatic N) is 1. The predicted octanol–water partition coefficient (Wildman–Crippen LogP) is 2.86. The molecule has 0 saturated heterocycles. The van der Waals surface area contributed by atoms with E-state index in [9.17, 15) is 4.79 Å². The van der Waals surface area contributed by atoms with Crippen LogP contribution in [0.4, 0.5) is 0 Å². The molecule has 2 aliphatic rings. The highest BCUT2D eigenvalue weighted by atomic mass is 16.5. The quantitative estimate of drug-likeness (QED) is 0.536. The fraction of sp³-hybridized carbons (Fsp3) is 0.944. The van der Waals surface area contributed by atoms with E-state index in [1.165, 1.54) is 19.3 Å². The number of carbonyl (C=O) groups excluding carboxylic acids is 1. The van der Waals surface area contributed by atoms with Gasteiger partial charge in [0, 0.05) is 0 Å². The smallest absolute Gasteiger partial charge is 0.361 e. The summed E-state index contributed by atoms with van der Waals surface area (Å²) in [7, 11) is 4.12. The van der Waals surface area contributed by atoms with Crippen molar-refractivity contribution in [2.24, 2.45) is 16.7 Å². The van der Waals surface area contributed by atoms with Gasteiger partial charge in [-0.3, -0.25) is 0 Å². The largest absolute Gasteiger partial charge is 0.462 e. The van der Waals surface area contributed by atoms with Crippen LogP contribution in [0.1, 0.15) is 47.0 Å². The van der Waals surface area contributed by atoms with Gasteiger partial charge in [0.15, 0.2) is 6.54 Å². The molecule has 128 valence electrons. The molecule has 4 heteroatoms. The maximum Gasteiger partial charge on any atom is 0.361 e. The molecule has 0 aliphatic heterocycles. The van der Waals surface area contributed by atoms with E-state index in [0.29, 0.717) is 34.6 Å². The van der Waals surface area contributed by atoms with Crippen LogP contribution in [0.2, 0.25) is 0 Å². The lowest BCUT2D eigenvalue weighted by Gasteiger charge is -2.39. The Labute approximate surface area is 135 Å². The van der Waals surface area contributed by atoms with Crippen molar-refractivity contribution in [2.75, 3.05) is 40.4 Å². The van der Waals surface area contributed by atoms with Crippen LogP contribution in [0.5, 0.6) is 0 Å². The standard InChI is InChI=1S/C18H34NO3/c1-7-21-16(20)13-19(5,6)10-11-22-15-12-14-8-9-18(15,4)17(14,2)3/h14-15H,7-13H2,1-6H3/q+1/t14-,15-,18+/m1/s1. The summed E-state index contributed by atoms with van der Waals surface area (Å²) >= 11 is 0. The van der Waals surface area contributed by atoms with Crippen molar-refractivity contribution in [3.05, 3.63) is 0 Å². The third kappa shape index (κ3) is 3.18. The number of carbonyl (C=O) groups is 1. The zero-order chi connectivity index (χ0) is 16.6. The Balaban J connectivity index is 1.81. The molecule has 2 saturated carbocycles. The molecule has 0 spiro atoms. The number of quaternary nitrogens is 1. The Morgan fingerprint density at radius 3 is 2.45 bits per heavy atom. The molecule has 0 amide bonds. The SMILES string of the molecule is CCOC(=O)C[N+](C)(C)CCO[C@@H]1C[C@H]2CC[C@]1(C)C2(C)C. The molecule has 2 aliphatic carbocycles. The number of hydrogen-bond acceptors (Lipinski definition) is 3. The van der Waals surface area contributed by atoms with E-state index < -0.39 is 0 Å². The van der Waals surface area contributed by atoms with Gasteiger partial charge in [-0.25, -0.2) is 4.79 Å². The second-order valence-electron chi connectivity index (χ2n) is 8.59. The molecule has 0 unspecified atom stereocenters. The average Bonchev–Trinajstić information content (AvgIpc) is 2.71. The van der Waals surface area contributed by atoms with Crippen molar-refractivity contribution in [3.8, 4) is 0 Å². The highest BCUT2D eigenvalue weighted by Crippen LogP contribution is 2.66. The van der Waals surface area contributed by atoms with Crippen LogP contribution in [0.3, 0.4) is 0 Å². The zero-order valence-corrected chi connectivity index (χ0v) is 15.3. The minimum Gasteiger partial charge on any atom is -0.462 e. The van der Waals surface area contributed by atoms with Crippen molar-refractivity contribution in [3.63, 3.8) is 0 Å². The number of ether oxygens (including phenoxy) is 2. The van der Waals surface area contributed by atoms with Gasteiger partial charge in [0.05, 0.1) is 33.4 Å². The number of esters is 1. The fourth-order valence-corrected chi connectivity index (χ4v) is 4.46. The highest BCUT2D eigenvalue weighted by molar-refractivity contribution is 5.70. The van der Waals surface area contributed by atoms with E-state index in [0.717, 1.165) is 19.1 Å². The molecule has 0 heterocycles. The molecule has 0 aromatic carbocycles. The Morgan fingerprint density at radius 2 is 1.95 bits per heavy atom. The van der Waals surface area contributed by atoms with Gasteiger partial charge in [-0.15, -0.1) is 0 Å². The van der Waals surface area contributed by atoms with Gasteiger partial charge in [0.25, 0.3) is 0 Å². The van der Waals surface area contributed by atoms with Crippen LogP contribution in [0, 0.1) is 16.7 Å². The molecule has 0 aromatic heterocycles. The van der Waals surface area contributed by atoms with E-state index in [-0.39, 0.29) is 5.97 Å². The van der Waals surface area contributed by atoms with Crippen LogP contribution in [0.25, 0.3) is 0 Å². The van der Waals surface area contributed by atoms with Crippen LogP contribution in [-0.4, -0.2) is 57.0 Å². The van der Waals surface area contributed by atoms with Gasteiger partial charge in [-0.2, -0.15) is 0 Å². The molecule has 4 nitrogen and oxygen atoms in total. The number of hydrogen-bond donors (Lipinski definition) is 0. The molecule has 3 atom stereocenters. The van der Waals surface area contributed by atoms with Crippen molar-refractivity contribution in [1.29, 1.82) is 0 Å². The second kappa shape index (κ2) is 6.12. The normalized spacial score (nSPS) is 33.2. The van der Waals surface area contributed by atoms with Crippen LogP contribution in [0.15, 0.2) is 0 Å². The number of fused-ring (bicyclic) bond motifs is 2. The molecule has 22 heavy (non-hydrogen) atoms. The minimum atomic E-state index is -0.125. The molecule has 2 bridgehead atoms. The molecular formula is C18H34NO3+. The van der Waals surface area contributed by atoms with E-state index >= 15 is 0 Å². The summed E-state index contributed by atoms with van der Waals surface area (Å²) < 4.78 is 12.0. The van der Waals surface area contributed by atoms with E-state index in [1.54, 1.807) is 0 Å². The van der Waals surface area contributed by atoms with Crippen molar-refractivity contribution < 1.29 is 18.8 Å².